The zero-order chi connectivity index (χ0) is 12.3. The molecule has 2 N–H and O–H groups in total. The van der Waals surface area contributed by atoms with Crippen molar-refractivity contribution in [1.29, 1.82) is 0 Å². The molecule has 3 heteroatoms. The van der Waals surface area contributed by atoms with E-state index in [-0.39, 0.29) is 5.41 Å². The van der Waals surface area contributed by atoms with Gasteiger partial charge in [0.2, 0.25) is 0 Å². The molecule has 0 spiro atoms. The average Bonchev–Trinajstić information content (AvgIpc) is 2.20. The van der Waals surface area contributed by atoms with E-state index in [1.165, 1.54) is 14.9 Å². The summed E-state index contributed by atoms with van der Waals surface area (Å²) < 4.78 is 1.17. The third kappa shape index (κ3) is 3.51. The van der Waals surface area contributed by atoms with E-state index in [9.17, 15) is 0 Å². The van der Waals surface area contributed by atoms with Gasteiger partial charge in [0.25, 0.3) is 0 Å². The molecule has 0 amide bonds. The van der Waals surface area contributed by atoms with Gasteiger partial charge in [-0.15, -0.1) is 11.8 Å². The van der Waals surface area contributed by atoms with Crippen LogP contribution in [0.3, 0.4) is 0 Å². The molecule has 0 atom stereocenters. The van der Waals surface area contributed by atoms with Crippen LogP contribution in [0.1, 0.15) is 33.3 Å². The number of rotatable bonds is 4. The number of thioether (sulfide) groups is 1. The largest absolute Gasteiger partial charge is 0.330 e. The summed E-state index contributed by atoms with van der Waals surface area (Å²) in [4.78, 5) is 1.30. The summed E-state index contributed by atoms with van der Waals surface area (Å²) >= 11 is 5.51. The Bertz CT molecular complexity index is 361. The quantitative estimate of drug-likeness (QED) is 0.844. The van der Waals surface area contributed by atoms with Crippen molar-refractivity contribution in [3.8, 4) is 0 Å². The number of halogens is 1. The first-order valence-electron chi connectivity index (χ1n) is 5.53. The lowest BCUT2D eigenvalue weighted by Gasteiger charge is -2.24. The molecular formula is C13H20BrNS. The van der Waals surface area contributed by atoms with Gasteiger partial charge in [0.05, 0.1) is 0 Å². The van der Waals surface area contributed by atoms with Gasteiger partial charge in [-0.25, -0.2) is 0 Å². The van der Waals surface area contributed by atoms with Gasteiger partial charge in [-0.1, -0.05) is 33.8 Å². The van der Waals surface area contributed by atoms with Crippen LogP contribution >= 0.6 is 27.7 Å². The minimum atomic E-state index is 0.0452. The van der Waals surface area contributed by atoms with Crippen molar-refractivity contribution >= 4 is 27.7 Å². The van der Waals surface area contributed by atoms with Crippen LogP contribution in [0.2, 0.25) is 0 Å². The van der Waals surface area contributed by atoms with Crippen LogP contribution in [-0.4, -0.2) is 11.8 Å². The summed E-state index contributed by atoms with van der Waals surface area (Å²) in [7, 11) is 0. The van der Waals surface area contributed by atoms with Crippen LogP contribution in [0.15, 0.2) is 27.6 Å². The minimum Gasteiger partial charge on any atom is -0.330 e. The first kappa shape index (κ1) is 14.1. The Labute approximate surface area is 111 Å². The third-order valence-corrected chi connectivity index (χ3v) is 4.59. The van der Waals surface area contributed by atoms with Gasteiger partial charge in [-0.2, -0.15) is 0 Å². The molecule has 16 heavy (non-hydrogen) atoms. The molecule has 0 aromatic heterocycles. The number of benzene rings is 1. The van der Waals surface area contributed by atoms with Crippen LogP contribution in [-0.2, 0) is 5.41 Å². The minimum absolute atomic E-state index is 0.0452. The first-order chi connectivity index (χ1) is 7.36. The lowest BCUT2D eigenvalue weighted by molar-refractivity contribution is 0.538. The van der Waals surface area contributed by atoms with Crippen molar-refractivity contribution in [2.45, 2.75) is 43.3 Å². The maximum atomic E-state index is 5.79. The van der Waals surface area contributed by atoms with Gasteiger partial charge < -0.3 is 5.73 Å². The zero-order valence-corrected chi connectivity index (χ0v) is 12.8. The molecule has 1 nitrogen and oxygen atoms in total. The molecule has 0 fully saturated rings. The van der Waals surface area contributed by atoms with Crippen molar-refractivity contribution in [3.05, 3.63) is 28.2 Å². The van der Waals surface area contributed by atoms with Gasteiger partial charge in [-0.05, 0) is 33.6 Å². The van der Waals surface area contributed by atoms with Crippen molar-refractivity contribution in [2.24, 2.45) is 5.73 Å². The second-order valence-electron chi connectivity index (χ2n) is 4.90. The van der Waals surface area contributed by atoms with Crippen molar-refractivity contribution in [3.63, 3.8) is 0 Å². The van der Waals surface area contributed by atoms with E-state index >= 15 is 0 Å². The Balaban J connectivity index is 2.99. The van der Waals surface area contributed by atoms with E-state index in [0.29, 0.717) is 11.8 Å². The Hall–Kier alpha value is 0.01000. The maximum absolute atomic E-state index is 5.79. The molecule has 0 aliphatic carbocycles. The molecule has 0 heterocycles. The van der Waals surface area contributed by atoms with E-state index in [2.05, 4.69) is 61.8 Å². The highest BCUT2D eigenvalue weighted by molar-refractivity contribution is 9.10. The maximum Gasteiger partial charge on any atom is 0.0314 e. The second kappa shape index (κ2) is 5.56. The van der Waals surface area contributed by atoms with Crippen LogP contribution in [0.5, 0.6) is 0 Å². The predicted octanol–water partition coefficient (Wildman–Crippen LogP) is 4.19. The van der Waals surface area contributed by atoms with Gasteiger partial charge in [0.15, 0.2) is 0 Å². The highest BCUT2D eigenvalue weighted by Gasteiger charge is 2.19. The smallest absolute Gasteiger partial charge is 0.0314 e. The number of hydrogen-bond acceptors (Lipinski definition) is 2. The molecule has 1 aromatic rings. The highest BCUT2D eigenvalue weighted by Crippen LogP contribution is 2.34. The van der Waals surface area contributed by atoms with Crippen LogP contribution < -0.4 is 5.73 Å². The normalized spacial score (nSPS) is 12.2. The van der Waals surface area contributed by atoms with Crippen LogP contribution in [0, 0.1) is 0 Å². The van der Waals surface area contributed by atoms with E-state index in [4.69, 9.17) is 5.73 Å². The topological polar surface area (TPSA) is 26.0 Å². The number of hydrogen-bond donors (Lipinski definition) is 1. The van der Waals surface area contributed by atoms with E-state index < -0.39 is 0 Å². The molecule has 1 aromatic carbocycles. The fraction of sp³-hybridized carbons (Fsp3) is 0.538. The van der Waals surface area contributed by atoms with Gasteiger partial charge in [0, 0.05) is 26.6 Å². The molecular weight excluding hydrogens is 282 g/mol. The summed E-state index contributed by atoms with van der Waals surface area (Å²) in [6.45, 7) is 9.41. The molecule has 0 saturated heterocycles. The molecule has 0 aliphatic heterocycles. The fourth-order valence-corrected chi connectivity index (χ4v) is 2.87. The lowest BCUT2D eigenvalue weighted by Crippen LogP contribution is -2.28. The summed E-state index contributed by atoms with van der Waals surface area (Å²) in [5.41, 5.74) is 7.12. The molecule has 0 saturated carbocycles. The Morgan fingerprint density at radius 3 is 2.44 bits per heavy atom. The second-order valence-corrected chi connectivity index (χ2v) is 7.37. The van der Waals surface area contributed by atoms with Crippen molar-refractivity contribution in [1.82, 2.24) is 0 Å². The molecule has 1 rings (SSSR count). The van der Waals surface area contributed by atoms with Crippen LogP contribution in [0.4, 0.5) is 0 Å². The first-order valence-corrected chi connectivity index (χ1v) is 7.21. The summed E-state index contributed by atoms with van der Waals surface area (Å²) in [5, 5.41) is 0.602. The standard InChI is InChI=1S/C13H20BrNS/c1-9(2)16-12-6-5-10(7-11(12)14)13(3,4)8-15/h5-7,9H,8,15H2,1-4H3. The summed E-state index contributed by atoms with van der Waals surface area (Å²) in [5.74, 6) is 0. The highest BCUT2D eigenvalue weighted by atomic mass is 79.9. The van der Waals surface area contributed by atoms with Gasteiger partial charge in [-0.3, -0.25) is 0 Å². The molecule has 0 unspecified atom stereocenters. The van der Waals surface area contributed by atoms with E-state index in [1.807, 2.05) is 11.8 Å². The molecule has 90 valence electrons. The van der Waals surface area contributed by atoms with Crippen molar-refractivity contribution in [2.75, 3.05) is 6.54 Å². The molecule has 0 radical (unpaired) electrons. The summed E-state index contributed by atoms with van der Waals surface area (Å²) in [6, 6.07) is 6.56. The van der Waals surface area contributed by atoms with Crippen molar-refractivity contribution < 1.29 is 0 Å². The Kier molecular flexibility index (Phi) is 4.89. The van der Waals surface area contributed by atoms with E-state index in [0.717, 1.165) is 0 Å². The lowest BCUT2D eigenvalue weighted by atomic mass is 9.85. The van der Waals surface area contributed by atoms with E-state index in [1.54, 1.807) is 0 Å². The number of nitrogens with two attached hydrogens (primary N) is 1. The predicted molar refractivity (Wildman–Crippen MR) is 77.2 cm³/mol. The monoisotopic (exact) mass is 301 g/mol. The zero-order valence-electron chi connectivity index (χ0n) is 10.4. The SMILES string of the molecule is CC(C)Sc1ccc(C(C)(C)CN)cc1Br. The van der Waals surface area contributed by atoms with Gasteiger partial charge in [0.1, 0.15) is 0 Å². The summed E-state index contributed by atoms with van der Waals surface area (Å²) in [6.07, 6.45) is 0. The average molecular weight is 302 g/mol. The fourth-order valence-electron chi connectivity index (χ4n) is 1.39. The Morgan fingerprint density at radius 2 is 2.00 bits per heavy atom. The molecule has 0 bridgehead atoms. The van der Waals surface area contributed by atoms with Gasteiger partial charge >= 0.3 is 0 Å². The molecule has 0 aliphatic rings. The van der Waals surface area contributed by atoms with Crippen LogP contribution in [0.25, 0.3) is 0 Å². The third-order valence-electron chi connectivity index (χ3n) is 2.59. The Morgan fingerprint density at radius 1 is 1.38 bits per heavy atom.